The summed E-state index contributed by atoms with van der Waals surface area (Å²) in [5.41, 5.74) is 2.90. The second-order valence-corrected chi connectivity index (χ2v) is 10.9. The first-order valence-corrected chi connectivity index (χ1v) is 13.8. The molecule has 202 valence electrons. The molecule has 1 atom stereocenters. The summed E-state index contributed by atoms with van der Waals surface area (Å²) in [6, 6.07) is 20.0. The van der Waals surface area contributed by atoms with Gasteiger partial charge in [0, 0.05) is 13.6 Å². The van der Waals surface area contributed by atoms with E-state index in [2.05, 4.69) is 5.32 Å². The Balaban J connectivity index is 2.12. The van der Waals surface area contributed by atoms with Crippen molar-refractivity contribution in [3.63, 3.8) is 0 Å². The summed E-state index contributed by atoms with van der Waals surface area (Å²) in [5, 5.41) is 2.63. The van der Waals surface area contributed by atoms with Crippen molar-refractivity contribution in [2.75, 3.05) is 25.0 Å². The number of methoxy groups -OCH3 is 1. The van der Waals surface area contributed by atoms with E-state index in [0.717, 1.165) is 21.0 Å². The van der Waals surface area contributed by atoms with E-state index in [0.29, 0.717) is 12.2 Å². The smallest absolute Gasteiger partial charge is 0.264 e. The van der Waals surface area contributed by atoms with Crippen LogP contribution in [0.4, 0.5) is 5.69 Å². The standard InChI is InChI=1S/C29H35N3O5S/c1-6-25(29(34)30-4)31(19-23-12-10-11-21(2)17-23)28(33)20-32(26-18-22(3)15-16-27(26)37-5)38(35,36)24-13-8-7-9-14-24/h7-18,25H,6,19-20H2,1-5H3,(H,30,34)/t25-/m1/s1. The minimum Gasteiger partial charge on any atom is -0.495 e. The Morgan fingerprint density at radius 1 is 0.947 bits per heavy atom. The first-order valence-electron chi connectivity index (χ1n) is 12.4. The number of hydrogen-bond donors (Lipinski definition) is 1. The van der Waals surface area contributed by atoms with Crippen LogP contribution >= 0.6 is 0 Å². The summed E-state index contributed by atoms with van der Waals surface area (Å²) >= 11 is 0. The van der Waals surface area contributed by atoms with Crippen molar-refractivity contribution in [2.45, 2.75) is 44.7 Å². The normalized spacial score (nSPS) is 11.9. The molecule has 0 saturated carbocycles. The summed E-state index contributed by atoms with van der Waals surface area (Å²) in [6.45, 7) is 5.23. The molecule has 0 fully saturated rings. The molecule has 2 amide bonds. The summed E-state index contributed by atoms with van der Waals surface area (Å²) < 4.78 is 34.4. The van der Waals surface area contributed by atoms with Crippen molar-refractivity contribution >= 4 is 27.5 Å². The van der Waals surface area contributed by atoms with E-state index < -0.39 is 28.5 Å². The highest BCUT2D eigenvalue weighted by molar-refractivity contribution is 7.92. The Labute approximate surface area is 225 Å². The maximum Gasteiger partial charge on any atom is 0.264 e. The zero-order valence-electron chi connectivity index (χ0n) is 22.5. The molecule has 0 spiro atoms. The van der Waals surface area contributed by atoms with Gasteiger partial charge in [0.05, 0.1) is 17.7 Å². The molecular formula is C29H35N3O5S. The number of anilines is 1. The van der Waals surface area contributed by atoms with Crippen LogP contribution in [0.15, 0.2) is 77.7 Å². The monoisotopic (exact) mass is 537 g/mol. The average molecular weight is 538 g/mol. The Morgan fingerprint density at radius 2 is 1.63 bits per heavy atom. The third kappa shape index (κ3) is 6.52. The Bertz CT molecular complexity index is 1380. The molecular weight excluding hydrogens is 502 g/mol. The molecule has 38 heavy (non-hydrogen) atoms. The molecule has 1 N–H and O–H groups in total. The van der Waals surface area contributed by atoms with Gasteiger partial charge in [-0.25, -0.2) is 8.42 Å². The van der Waals surface area contributed by atoms with Crippen molar-refractivity contribution in [2.24, 2.45) is 0 Å². The number of likely N-dealkylation sites (N-methyl/N-ethyl adjacent to an activating group) is 1. The molecule has 0 heterocycles. The molecule has 0 aliphatic heterocycles. The third-order valence-corrected chi connectivity index (χ3v) is 8.05. The van der Waals surface area contributed by atoms with Crippen LogP contribution in [0.1, 0.15) is 30.0 Å². The van der Waals surface area contributed by atoms with Gasteiger partial charge in [0.25, 0.3) is 10.0 Å². The molecule has 8 nitrogen and oxygen atoms in total. The van der Waals surface area contributed by atoms with Gasteiger partial charge < -0.3 is 15.0 Å². The number of carbonyl (C=O) groups excluding carboxylic acids is 2. The van der Waals surface area contributed by atoms with Gasteiger partial charge in [-0.15, -0.1) is 0 Å². The molecule has 0 aliphatic carbocycles. The van der Waals surface area contributed by atoms with Crippen molar-refractivity contribution in [1.29, 1.82) is 0 Å². The fourth-order valence-electron chi connectivity index (χ4n) is 4.32. The van der Waals surface area contributed by atoms with E-state index in [1.807, 2.05) is 45.0 Å². The quantitative estimate of drug-likeness (QED) is 0.398. The molecule has 0 aliphatic rings. The maximum atomic E-state index is 14.0. The van der Waals surface area contributed by atoms with E-state index >= 15 is 0 Å². The number of carbonyl (C=O) groups is 2. The number of benzene rings is 3. The molecule has 0 radical (unpaired) electrons. The molecule has 3 rings (SSSR count). The number of nitrogens with zero attached hydrogens (tertiary/aromatic N) is 2. The zero-order chi connectivity index (χ0) is 27.9. The number of rotatable bonds is 11. The fourth-order valence-corrected chi connectivity index (χ4v) is 5.76. The number of aryl methyl sites for hydroxylation is 2. The first-order chi connectivity index (χ1) is 18.1. The predicted octanol–water partition coefficient (Wildman–Crippen LogP) is 4.06. The highest BCUT2D eigenvalue weighted by Crippen LogP contribution is 2.33. The molecule has 0 unspecified atom stereocenters. The van der Waals surface area contributed by atoms with Gasteiger partial charge in [-0.2, -0.15) is 0 Å². The minimum absolute atomic E-state index is 0.0416. The predicted molar refractivity (Wildman–Crippen MR) is 149 cm³/mol. The van der Waals surface area contributed by atoms with Crippen LogP contribution in [0.2, 0.25) is 0 Å². The number of nitrogens with one attached hydrogen (secondary N) is 1. The Morgan fingerprint density at radius 3 is 2.24 bits per heavy atom. The largest absolute Gasteiger partial charge is 0.495 e. The number of sulfonamides is 1. The van der Waals surface area contributed by atoms with Crippen molar-refractivity contribution in [3.05, 3.63) is 89.5 Å². The lowest BCUT2D eigenvalue weighted by atomic mass is 10.1. The van der Waals surface area contributed by atoms with Gasteiger partial charge in [-0.1, -0.05) is 61.0 Å². The van der Waals surface area contributed by atoms with Crippen LogP contribution < -0.4 is 14.4 Å². The molecule has 0 bridgehead atoms. The second kappa shape index (κ2) is 12.6. The highest BCUT2D eigenvalue weighted by atomic mass is 32.2. The lowest BCUT2D eigenvalue weighted by Crippen LogP contribution is -2.51. The van der Waals surface area contributed by atoms with E-state index in [4.69, 9.17) is 4.74 Å². The lowest BCUT2D eigenvalue weighted by molar-refractivity contribution is -0.140. The number of hydrogen-bond acceptors (Lipinski definition) is 5. The fraction of sp³-hybridized carbons (Fsp3) is 0.310. The summed E-state index contributed by atoms with van der Waals surface area (Å²) in [4.78, 5) is 28.3. The lowest BCUT2D eigenvalue weighted by Gasteiger charge is -2.33. The van der Waals surface area contributed by atoms with Crippen LogP contribution in [0.25, 0.3) is 0 Å². The average Bonchev–Trinajstić information content (AvgIpc) is 2.91. The first kappa shape index (κ1) is 28.7. The maximum absolute atomic E-state index is 14.0. The topological polar surface area (TPSA) is 96.0 Å². The van der Waals surface area contributed by atoms with Gasteiger partial charge in [0.1, 0.15) is 18.3 Å². The van der Waals surface area contributed by atoms with Crippen LogP contribution in [0.3, 0.4) is 0 Å². The minimum atomic E-state index is -4.16. The Hall–Kier alpha value is -3.85. The zero-order valence-corrected chi connectivity index (χ0v) is 23.3. The van der Waals surface area contributed by atoms with E-state index in [1.165, 1.54) is 31.2 Å². The number of ether oxygens (including phenoxy) is 1. The van der Waals surface area contributed by atoms with Crippen molar-refractivity contribution < 1.29 is 22.7 Å². The third-order valence-electron chi connectivity index (χ3n) is 6.28. The van der Waals surface area contributed by atoms with Gasteiger partial charge in [0.2, 0.25) is 11.8 Å². The van der Waals surface area contributed by atoms with Crippen LogP contribution in [-0.2, 0) is 26.2 Å². The van der Waals surface area contributed by atoms with Crippen LogP contribution in [-0.4, -0.2) is 51.9 Å². The van der Waals surface area contributed by atoms with Gasteiger partial charge in [-0.05, 0) is 55.7 Å². The van der Waals surface area contributed by atoms with E-state index in [-0.39, 0.29) is 23.0 Å². The summed E-state index contributed by atoms with van der Waals surface area (Å²) in [6.07, 6.45) is 0.358. The second-order valence-electron chi connectivity index (χ2n) is 9.05. The molecule has 9 heteroatoms. The number of amides is 2. The van der Waals surface area contributed by atoms with Crippen LogP contribution in [0, 0.1) is 13.8 Å². The SMILES string of the molecule is CC[C@H](C(=O)NC)N(Cc1cccc(C)c1)C(=O)CN(c1cc(C)ccc1OC)S(=O)(=O)c1ccccc1. The summed E-state index contributed by atoms with van der Waals surface area (Å²) in [5.74, 6) is -0.518. The van der Waals surface area contributed by atoms with Crippen molar-refractivity contribution in [3.8, 4) is 5.75 Å². The molecule has 0 saturated heterocycles. The molecule has 3 aromatic carbocycles. The van der Waals surface area contributed by atoms with Crippen molar-refractivity contribution in [1.82, 2.24) is 10.2 Å². The Kier molecular flexibility index (Phi) is 9.52. The van der Waals surface area contributed by atoms with E-state index in [1.54, 1.807) is 36.4 Å². The highest BCUT2D eigenvalue weighted by Gasteiger charge is 2.34. The molecule has 3 aromatic rings. The van der Waals surface area contributed by atoms with Gasteiger partial charge in [-0.3, -0.25) is 13.9 Å². The van der Waals surface area contributed by atoms with Crippen LogP contribution in [0.5, 0.6) is 5.75 Å². The molecule has 0 aromatic heterocycles. The summed E-state index contributed by atoms with van der Waals surface area (Å²) in [7, 11) is -1.20. The van der Waals surface area contributed by atoms with Gasteiger partial charge in [0.15, 0.2) is 0 Å². The van der Waals surface area contributed by atoms with E-state index in [9.17, 15) is 18.0 Å². The van der Waals surface area contributed by atoms with Gasteiger partial charge >= 0.3 is 0 Å².